The van der Waals surface area contributed by atoms with Crippen molar-refractivity contribution in [3.05, 3.63) is 18.0 Å². The van der Waals surface area contributed by atoms with Gasteiger partial charge in [0.25, 0.3) is 0 Å². The van der Waals surface area contributed by atoms with Crippen LogP contribution in [0.4, 0.5) is 0 Å². The first-order chi connectivity index (χ1) is 10.8. The smallest absolute Gasteiger partial charge is 0.191 e. The van der Waals surface area contributed by atoms with Crippen molar-refractivity contribution in [2.75, 3.05) is 40.0 Å². The molecule has 22 heavy (non-hydrogen) atoms. The van der Waals surface area contributed by atoms with Crippen molar-refractivity contribution in [2.45, 2.75) is 26.3 Å². The van der Waals surface area contributed by atoms with Gasteiger partial charge in [-0.3, -0.25) is 4.68 Å². The zero-order valence-electron chi connectivity index (χ0n) is 14.0. The van der Waals surface area contributed by atoms with E-state index >= 15 is 0 Å². The maximum Gasteiger partial charge on any atom is 0.191 e. The second-order valence-corrected chi connectivity index (χ2v) is 4.88. The summed E-state index contributed by atoms with van der Waals surface area (Å²) in [7, 11) is 3.61. The fourth-order valence-corrected chi connectivity index (χ4v) is 1.84. The molecule has 1 aromatic heterocycles. The van der Waals surface area contributed by atoms with Gasteiger partial charge in [-0.05, 0) is 25.8 Å². The number of unbranched alkanes of at least 4 members (excludes halogenated alkanes) is 1. The van der Waals surface area contributed by atoms with Crippen LogP contribution in [0.3, 0.4) is 0 Å². The summed E-state index contributed by atoms with van der Waals surface area (Å²) >= 11 is 0. The van der Waals surface area contributed by atoms with E-state index in [1.807, 2.05) is 17.8 Å². The first-order valence-corrected chi connectivity index (χ1v) is 7.83. The van der Waals surface area contributed by atoms with E-state index in [-0.39, 0.29) is 0 Å². The molecule has 0 spiro atoms. The molecule has 1 aromatic rings. The lowest BCUT2D eigenvalue weighted by atomic mass is 10.3. The number of aliphatic imine (C=N–C) groups is 1. The molecular weight excluding hydrogens is 282 g/mol. The van der Waals surface area contributed by atoms with Crippen molar-refractivity contribution in [3.63, 3.8) is 0 Å². The lowest BCUT2D eigenvalue weighted by Crippen LogP contribution is -2.37. The van der Waals surface area contributed by atoms with Crippen molar-refractivity contribution in [3.8, 4) is 0 Å². The minimum atomic E-state index is 0.617. The van der Waals surface area contributed by atoms with Crippen LogP contribution in [0.15, 0.2) is 17.3 Å². The van der Waals surface area contributed by atoms with Crippen molar-refractivity contribution < 1.29 is 9.47 Å². The minimum absolute atomic E-state index is 0.617. The Bertz CT molecular complexity index is 420. The molecule has 0 bridgehead atoms. The number of hydrogen-bond acceptors (Lipinski definition) is 4. The van der Waals surface area contributed by atoms with Crippen LogP contribution in [-0.2, 0) is 23.1 Å². The van der Waals surface area contributed by atoms with E-state index in [4.69, 9.17) is 9.47 Å². The van der Waals surface area contributed by atoms with Gasteiger partial charge in [-0.2, -0.15) is 5.10 Å². The highest BCUT2D eigenvalue weighted by Gasteiger charge is 2.00. The Morgan fingerprint density at radius 3 is 2.82 bits per heavy atom. The van der Waals surface area contributed by atoms with E-state index in [2.05, 4.69) is 27.6 Å². The molecule has 1 heterocycles. The van der Waals surface area contributed by atoms with Crippen LogP contribution in [0.2, 0.25) is 0 Å². The molecular formula is C15H29N5O2. The molecule has 0 atom stereocenters. The topological polar surface area (TPSA) is 72.7 Å². The summed E-state index contributed by atoms with van der Waals surface area (Å²) in [6, 6.07) is 1.98. The summed E-state index contributed by atoms with van der Waals surface area (Å²) in [4.78, 5) is 4.56. The number of nitrogens with zero attached hydrogens (tertiary/aromatic N) is 3. The van der Waals surface area contributed by atoms with E-state index in [0.717, 1.165) is 44.2 Å². The lowest BCUT2D eigenvalue weighted by molar-refractivity contribution is 0.0689. The number of aromatic nitrogens is 2. The zero-order chi connectivity index (χ0) is 16.0. The first kappa shape index (κ1) is 18.4. The SMILES string of the molecule is CCNC(=NCc1ccnn1C)NCCCCOCCOC. The van der Waals surface area contributed by atoms with Crippen LogP contribution >= 0.6 is 0 Å². The lowest BCUT2D eigenvalue weighted by Gasteiger charge is -2.11. The number of ether oxygens (including phenoxy) is 2. The van der Waals surface area contributed by atoms with Crippen LogP contribution in [0, 0.1) is 0 Å². The summed E-state index contributed by atoms with van der Waals surface area (Å²) in [6.45, 7) is 6.50. The predicted molar refractivity (Wildman–Crippen MR) is 88.0 cm³/mol. The number of hydrogen-bond donors (Lipinski definition) is 2. The highest BCUT2D eigenvalue weighted by atomic mass is 16.5. The fourth-order valence-electron chi connectivity index (χ4n) is 1.84. The van der Waals surface area contributed by atoms with Gasteiger partial charge in [0.05, 0.1) is 25.5 Å². The summed E-state index contributed by atoms with van der Waals surface area (Å²) < 4.78 is 12.2. The van der Waals surface area contributed by atoms with Crippen LogP contribution < -0.4 is 10.6 Å². The molecule has 0 amide bonds. The summed E-state index contributed by atoms with van der Waals surface area (Å²) in [5, 5.41) is 10.7. The molecule has 0 aromatic carbocycles. The van der Waals surface area contributed by atoms with Crippen molar-refractivity contribution in [1.82, 2.24) is 20.4 Å². The Morgan fingerprint density at radius 2 is 2.14 bits per heavy atom. The molecule has 0 saturated heterocycles. The average molecular weight is 311 g/mol. The monoisotopic (exact) mass is 311 g/mol. The van der Waals surface area contributed by atoms with E-state index in [0.29, 0.717) is 19.8 Å². The highest BCUT2D eigenvalue weighted by Crippen LogP contribution is 1.98. The number of guanidine groups is 1. The number of rotatable bonds is 11. The van der Waals surface area contributed by atoms with Gasteiger partial charge in [-0.1, -0.05) is 0 Å². The summed E-state index contributed by atoms with van der Waals surface area (Å²) in [6.07, 6.45) is 3.86. The number of nitrogens with one attached hydrogen (secondary N) is 2. The fraction of sp³-hybridized carbons (Fsp3) is 0.733. The average Bonchev–Trinajstić information content (AvgIpc) is 2.92. The molecule has 7 nitrogen and oxygen atoms in total. The van der Waals surface area contributed by atoms with Gasteiger partial charge in [0.15, 0.2) is 5.96 Å². The largest absolute Gasteiger partial charge is 0.382 e. The third kappa shape index (κ3) is 7.99. The summed E-state index contributed by atoms with van der Waals surface area (Å²) in [5.74, 6) is 0.837. The number of aryl methyl sites for hydroxylation is 1. The molecule has 126 valence electrons. The minimum Gasteiger partial charge on any atom is -0.382 e. The van der Waals surface area contributed by atoms with Gasteiger partial charge in [-0.15, -0.1) is 0 Å². The molecule has 1 rings (SSSR count). The van der Waals surface area contributed by atoms with Crippen LogP contribution in [-0.4, -0.2) is 55.8 Å². The molecule has 7 heteroatoms. The molecule has 0 radical (unpaired) electrons. The van der Waals surface area contributed by atoms with Gasteiger partial charge >= 0.3 is 0 Å². The Balaban J connectivity index is 2.19. The zero-order valence-corrected chi connectivity index (χ0v) is 14.0. The normalized spacial score (nSPS) is 11.7. The molecule has 0 saturated carbocycles. The van der Waals surface area contributed by atoms with Crippen molar-refractivity contribution >= 4 is 5.96 Å². The Labute approximate surface area is 133 Å². The molecule has 0 unspecified atom stereocenters. The summed E-state index contributed by atoms with van der Waals surface area (Å²) in [5.41, 5.74) is 1.09. The second-order valence-electron chi connectivity index (χ2n) is 4.88. The second kappa shape index (κ2) is 12.0. The molecule has 0 aliphatic carbocycles. The predicted octanol–water partition coefficient (Wildman–Crippen LogP) is 0.918. The highest BCUT2D eigenvalue weighted by molar-refractivity contribution is 5.79. The van der Waals surface area contributed by atoms with E-state index in [9.17, 15) is 0 Å². The van der Waals surface area contributed by atoms with E-state index in [1.165, 1.54) is 0 Å². The quantitative estimate of drug-likeness (QED) is 0.361. The van der Waals surface area contributed by atoms with Crippen LogP contribution in [0.25, 0.3) is 0 Å². The van der Waals surface area contributed by atoms with E-state index < -0.39 is 0 Å². The first-order valence-electron chi connectivity index (χ1n) is 7.83. The van der Waals surface area contributed by atoms with Gasteiger partial charge in [0.2, 0.25) is 0 Å². The van der Waals surface area contributed by atoms with Gasteiger partial charge in [-0.25, -0.2) is 4.99 Å². The third-order valence-electron chi connectivity index (χ3n) is 3.11. The molecule has 0 fully saturated rings. The van der Waals surface area contributed by atoms with Gasteiger partial charge < -0.3 is 20.1 Å². The molecule has 2 N–H and O–H groups in total. The Hall–Kier alpha value is -1.60. The third-order valence-corrected chi connectivity index (χ3v) is 3.11. The molecule has 0 aliphatic rings. The van der Waals surface area contributed by atoms with Crippen molar-refractivity contribution in [2.24, 2.45) is 12.0 Å². The van der Waals surface area contributed by atoms with E-state index in [1.54, 1.807) is 13.3 Å². The maximum absolute atomic E-state index is 5.43. The van der Waals surface area contributed by atoms with Crippen LogP contribution in [0.5, 0.6) is 0 Å². The number of methoxy groups -OCH3 is 1. The van der Waals surface area contributed by atoms with Gasteiger partial charge in [0, 0.05) is 40.1 Å². The van der Waals surface area contributed by atoms with Crippen molar-refractivity contribution in [1.29, 1.82) is 0 Å². The maximum atomic E-state index is 5.43. The standard InChI is InChI=1S/C15H29N5O2/c1-4-16-15(18-13-14-7-9-19-20(14)2)17-8-5-6-10-22-12-11-21-3/h7,9H,4-6,8,10-13H2,1-3H3,(H2,16,17,18). The van der Waals surface area contributed by atoms with Crippen LogP contribution in [0.1, 0.15) is 25.5 Å². The molecule has 0 aliphatic heterocycles. The Kier molecular flexibility index (Phi) is 10.1. The van der Waals surface area contributed by atoms with Gasteiger partial charge in [0.1, 0.15) is 0 Å². The Morgan fingerprint density at radius 1 is 1.27 bits per heavy atom.